The highest BCUT2D eigenvalue weighted by molar-refractivity contribution is 6.34. The summed E-state index contributed by atoms with van der Waals surface area (Å²) in [6.07, 6.45) is 8.13. The lowest BCUT2D eigenvalue weighted by molar-refractivity contribution is -0.119. The molecule has 1 aromatic carbocycles. The Morgan fingerprint density at radius 2 is 2.09 bits per heavy atom. The van der Waals surface area contributed by atoms with Crippen molar-refractivity contribution in [3.8, 4) is 5.75 Å². The summed E-state index contributed by atoms with van der Waals surface area (Å²) in [7, 11) is 0. The average molecular weight is 455 g/mol. The predicted octanol–water partition coefficient (Wildman–Crippen LogP) is 4.13. The number of Topliss-reactive ketones (excluding diaryl/α,β-unsaturated/α-hetero) is 1. The van der Waals surface area contributed by atoms with Crippen LogP contribution in [0.15, 0.2) is 30.7 Å². The molecule has 3 aromatic rings. The Kier molecular flexibility index (Phi) is 4.73. The molecule has 2 fully saturated rings. The van der Waals surface area contributed by atoms with Gasteiger partial charge in [0.05, 0.1) is 11.1 Å². The van der Waals surface area contributed by atoms with E-state index in [9.17, 15) is 9.18 Å². The van der Waals surface area contributed by atoms with E-state index in [0.29, 0.717) is 40.1 Å². The number of ether oxygens (including phenoxy) is 1. The van der Waals surface area contributed by atoms with E-state index in [-0.39, 0.29) is 17.7 Å². The minimum atomic E-state index is -0.202. The van der Waals surface area contributed by atoms with E-state index in [0.717, 1.165) is 56.6 Å². The number of rotatable bonds is 6. The van der Waals surface area contributed by atoms with E-state index >= 15 is 0 Å². The fourth-order valence-corrected chi connectivity index (χ4v) is 5.96. The summed E-state index contributed by atoms with van der Waals surface area (Å²) in [6.45, 7) is 3.13. The quantitative estimate of drug-likeness (QED) is 0.560. The number of aryl methyl sites for hydroxylation is 1. The van der Waals surface area contributed by atoms with Crippen molar-refractivity contribution in [2.75, 3.05) is 19.6 Å². The van der Waals surface area contributed by atoms with Crippen molar-refractivity contribution in [1.29, 1.82) is 0 Å². The highest BCUT2D eigenvalue weighted by atomic mass is 35.5. The zero-order valence-electron chi connectivity index (χ0n) is 17.7. The molecular weight excluding hydrogens is 431 g/mol. The molecule has 2 aliphatic carbocycles. The fraction of sp³-hybridized carbons (Fsp3) is 0.458. The number of likely N-dealkylation sites (tertiary alicyclic amines) is 1. The fourth-order valence-electron chi connectivity index (χ4n) is 5.68. The number of aromatic nitrogens is 3. The highest BCUT2D eigenvalue weighted by Gasteiger charge is 2.53. The van der Waals surface area contributed by atoms with E-state index in [1.54, 1.807) is 16.5 Å². The Morgan fingerprint density at radius 1 is 1.25 bits per heavy atom. The first-order valence-corrected chi connectivity index (χ1v) is 11.6. The van der Waals surface area contributed by atoms with Gasteiger partial charge in [0.2, 0.25) is 0 Å². The maximum Gasteiger partial charge on any atom is 0.165 e. The van der Waals surface area contributed by atoms with Gasteiger partial charge in [0.25, 0.3) is 0 Å². The molecule has 3 heterocycles. The van der Waals surface area contributed by atoms with Crippen LogP contribution in [0, 0.1) is 11.2 Å². The van der Waals surface area contributed by atoms with Gasteiger partial charge in [-0.25, -0.2) is 4.39 Å². The molecule has 0 unspecified atom stereocenters. The van der Waals surface area contributed by atoms with Gasteiger partial charge in [-0.15, -0.1) is 10.2 Å². The van der Waals surface area contributed by atoms with Crippen LogP contribution in [0.25, 0.3) is 5.65 Å². The third-order valence-corrected chi connectivity index (χ3v) is 7.53. The molecule has 6 rings (SSSR count). The lowest BCUT2D eigenvalue weighted by Crippen LogP contribution is -2.64. The number of pyridine rings is 1. The smallest absolute Gasteiger partial charge is 0.165 e. The minimum Gasteiger partial charge on any atom is -0.490 e. The van der Waals surface area contributed by atoms with Gasteiger partial charge in [-0.1, -0.05) is 11.6 Å². The molecular formula is C24H24ClFN4O2. The SMILES string of the molecule is O=C1CCc2c(OC3CC4(C3)CN(CCCc3cc5nncn5cc3F)C4)ccc(Cl)c21. The summed E-state index contributed by atoms with van der Waals surface area (Å²) in [5, 5.41) is 8.34. The van der Waals surface area contributed by atoms with Gasteiger partial charge in [0.15, 0.2) is 11.4 Å². The summed E-state index contributed by atoms with van der Waals surface area (Å²) < 4.78 is 22.1. The Bertz CT molecular complexity index is 1210. The number of fused-ring (bicyclic) bond motifs is 2. The molecule has 32 heavy (non-hydrogen) atoms. The Hall–Kier alpha value is -2.51. The average Bonchev–Trinajstić information content (AvgIpc) is 3.32. The van der Waals surface area contributed by atoms with Crippen LogP contribution in [-0.2, 0) is 12.8 Å². The van der Waals surface area contributed by atoms with Gasteiger partial charge in [0, 0.05) is 42.2 Å². The van der Waals surface area contributed by atoms with E-state index in [2.05, 4.69) is 15.1 Å². The number of benzene rings is 1. The molecule has 0 N–H and O–H groups in total. The Labute approximate surface area is 190 Å². The molecule has 1 spiro atoms. The van der Waals surface area contributed by atoms with Crippen molar-refractivity contribution >= 4 is 23.0 Å². The number of halogens is 2. The van der Waals surface area contributed by atoms with Crippen molar-refractivity contribution < 1.29 is 13.9 Å². The van der Waals surface area contributed by atoms with Crippen molar-refractivity contribution in [2.24, 2.45) is 5.41 Å². The molecule has 0 bridgehead atoms. The molecule has 3 aliphatic rings. The van der Waals surface area contributed by atoms with Crippen LogP contribution in [0.5, 0.6) is 5.75 Å². The van der Waals surface area contributed by atoms with Gasteiger partial charge in [-0.3, -0.25) is 9.20 Å². The second-order valence-electron chi connectivity index (χ2n) is 9.53. The zero-order chi connectivity index (χ0) is 21.9. The summed E-state index contributed by atoms with van der Waals surface area (Å²) >= 11 is 6.21. The van der Waals surface area contributed by atoms with Crippen LogP contribution < -0.4 is 4.74 Å². The molecule has 1 aliphatic heterocycles. The highest BCUT2D eigenvalue weighted by Crippen LogP contribution is 2.50. The predicted molar refractivity (Wildman–Crippen MR) is 118 cm³/mol. The molecule has 1 saturated heterocycles. The van der Waals surface area contributed by atoms with Gasteiger partial charge in [-0.05, 0) is 62.4 Å². The van der Waals surface area contributed by atoms with Crippen molar-refractivity contribution in [3.05, 3.63) is 58.3 Å². The molecule has 0 atom stereocenters. The number of ketones is 1. The Morgan fingerprint density at radius 3 is 2.94 bits per heavy atom. The molecule has 8 heteroatoms. The normalized spacial score (nSPS) is 19.9. The second-order valence-corrected chi connectivity index (χ2v) is 9.93. The summed E-state index contributed by atoms with van der Waals surface area (Å²) in [5.74, 6) is 0.751. The first-order chi connectivity index (χ1) is 15.5. The van der Waals surface area contributed by atoms with Crippen molar-refractivity contribution in [2.45, 2.75) is 44.6 Å². The van der Waals surface area contributed by atoms with Gasteiger partial charge < -0.3 is 9.64 Å². The largest absolute Gasteiger partial charge is 0.490 e. The van der Waals surface area contributed by atoms with Crippen LogP contribution in [0.2, 0.25) is 5.02 Å². The van der Waals surface area contributed by atoms with Crippen LogP contribution in [0.3, 0.4) is 0 Å². The van der Waals surface area contributed by atoms with Crippen LogP contribution in [0.1, 0.15) is 47.2 Å². The van der Waals surface area contributed by atoms with Gasteiger partial charge >= 0.3 is 0 Å². The lowest BCUT2D eigenvalue weighted by atomic mass is 9.61. The number of hydrogen-bond acceptors (Lipinski definition) is 5. The van der Waals surface area contributed by atoms with Crippen molar-refractivity contribution in [1.82, 2.24) is 19.5 Å². The van der Waals surface area contributed by atoms with E-state index < -0.39 is 0 Å². The third kappa shape index (κ3) is 3.39. The molecule has 1 saturated carbocycles. The van der Waals surface area contributed by atoms with Crippen LogP contribution in [0.4, 0.5) is 4.39 Å². The Balaban J connectivity index is 0.980. The summed E-state index contributed by atoms with van der Waals surface area (Å²) in [6, 6.07) is 5.48. The van der Waals surface area contributed by atoms with Crippen LogP contribution in [-0.4, -0.2) is 51.0 Å². The molecule has 0 amide bonds. The summed E-state index contributed by atoms with van der Waals surface area (Å²) in [5.41, 5.74) is 3.39. The third-order valence-electron chi connectivity index (χ3n) is 7.22. The zero-order valence-corrected chi connectivity index (χ0v) is 18.4. The first kappa shape index (κ1) is 20.1. The molecule has 166 valence electrons. The summed E-state index contributed by atoms with van der Waals surface area (Å²) in [4.78, 5) is 14.5. The number of carbonyl (C=O) groups excluding carboxylic acids is 1. The lowest BCUT2D eigenvalue weighted by Gasteiger charge is -2.58. The van der Waals surface area contributed by atoms with Crippen LogP contribution >= 0.6 is 11.6 Å². The van der Waals surface area contributed by atoms with E-state index in [1.165, 1.54) is 12.5 Å². The maximum absolute atomic E-state index is 14.2. The van der Waals surface area contributed by atoms with Crippen molar-refractivity contribution in [3.63, 3.8) is 0 Å². The second kappa shape index (κ2) is 7.52. The number of nitrogens with zero attached hydrogens (tertiary/aromatic N) is 4. The van der Waals surface area contributed by atoms with Gasteiger partial charge in [0.1, 0.15) is 17.9 Å². The topological polar surface area (TPSA) is 59.7 Å². The number of carbonyl (C=O) groups is 1. The number of hydrogen-bond donors (Lipinski definition) is 0. The molecule has 2 aromatic heterocycles. The maximum atomic E-state index is 14.2. The first-order valence-electron chi connectivity index (χ1n) is 11.2. The van der Waals surface area contributed by atoms with E-state index in [1.807, 2.05) is 6.07 Å². The van der Waals surface area contributed by atoms with E-state index in [4.69, 9.17) is 16.3 Å². The molecule has 6 nitrogen and oxygen atoms in total. The monoisotopic (exact) mass is 454 g/mol. The van der Waals surface area contributed by atoms with Gasteiger partial charge in [-0.2, -0.15) is 0 Å². The molecule has 0 radical (unpaired) electrons. The minimum absolute atomic E-state index is 0.122. The standard InChI is InChI=1S/C24H24ClFN4O2/c25-18-4-6-21(17-3-5-20(31)23(17)18)32-16-9-24(10-16)12-29(13-24)7-1-2-15-8-22-28-27-14-30(22)11-19(15)26/h4,6,8,11,14,16H,1-3,5,7,9-10,12-13H2.